The molecule has 1 aliphatic carbocycles. The van der Waals surface area contributed by atoms with Gasteiger partial charge in [0.05, 0.1) is 10.8 Å². The van der Waals surface area contributed by atoms with Crippen molar-refractivity contribution in [3.63, 3.8) is 0 Å². The maximum absolute atomic E-state index is 14.7. The summed E-state index contributed by atoms with van der Waals surface area (Å²) < 4.78 is 41.6. The number of alkyl halides is 2. The Morgan fingerprint density at radius 1 is 1.39 bits per heavy atom. The Bertz CT molecular complexity index is 844. The molecule has 122 valence electrons. The van der Waals surface area contributed by atoms with Crippen LogP contribution in [0.2, 0.25) is 0 Å². The number of nitrogens with zero attached hydrogens (tertiary/aromatic N) is 2. The third kappa shape index (κ3) is 2.58. The van der Waals surface area contributed by atoms with Gasteiger partial charge in [0.15, 0.2) is 0 Å². The van der Waals surface area contributed by atoms with Crippen molar-refractivity contribution < 1.29 is 23.1 Å². The van der Waals surface area contributed by atoms with Gasteiger partial charge in [0.1, 0.15) is 18.1 Å². The molecular weight excluding hydrogens is 313 g/mol. The lowest BCUT2D eigenvalue weighted by Crippen LogP contribution is -2.28. The molecule has 23 heavy (non-hydrogen) atoms. The number of benzene rings is 1. The number of carboxylic acids is 1. The van der Waals surface area contributed by atoms with Gasteiger partial charge in [-0.3, -0.25) is 9.59 Å². The number of aromatic nitrogens is 2. The van der Waals surface area contributed by atoms with E-state index in [4.69, 9.17) is 5.11 Å². The fourth-order valence-electron chi connectivity index (χ4n) is 2.81. The van der Waals surface area contributed by atoms with E-state index < -0.39 is 41.4 Å². The van der Waals surface area contributed by atoms with Crippen LogP contribution in [0.5, 0.6) is 0 Å². The van der Waals surface area contributed by atoms with Crippen molar-refractivity contribution >= 4 is 16.7 Å². The molecule has 1 fully saturated rings. The van der Waals surface area contributed by atoms with Crippen LogP contribution in [0, 0.1) is 5.82 Å². The van der Waals surface area contributed by atoms with Crippen molar-refractivity contribution in [3.8, 4) is 0 Å². The SMILES string of the molecule is O=C(O)Cn1nc(C(F)F)c2c(F)c(C3CCC3)ccc2c1=O. The maximum Gasteiger partial charge on any atom is 0.325 e. The minimum Gasteiger partial charge on any atom is -0.480 e. The van der Waals surface area contributed by atoms with Gasteiger partial charge in [-0.25, -0.2) is 17.9 Å². The Kier molecular flexibility index (Phi) is 3.83. The fraction of sp³-hybridized carbons (Fsp3) is 0.400. The molecule has 0 unspecified atom stereocenters. The first kappa shape index (κ1) is 15.5. The molecule has 0 saturated heterocycles. The molecule has 0 amide bonds. The monoisotopic (exact) mass is 326 g/mol. The zero-order valence-corrected chi connectivity index (χ0v) is 11.9. The largest absolute Gasteiger partial charge is 0.480 e. The van der Waals surface area contributed by atoms with Crippen LogP contribution in [0.4, 0.5) is 13.2 Å². The molecule has 5 nitrogen and oxygen atoms in total. The van der Waals surface area contributed by atoms with E-state index in [1.165, 1.54) is 12.1 Å². The van der Waals surface area contributed by atoms with Crippen LogP contribution in [0.15, 0.2) is 16.9 Å². The van der Waals surface area contributed by atoms with Crippen LogP contribution in [-0.4, -0.2) is 20.9 Å². The summed E-state index contributed by atoms with van der Waals surface area (Å²) in [5, 5.41) is 11.3. The molecular formula is C15H13F3N2O3. The quantitative estimate of drug-likeness (QED) is 0.938. The molecule has 1 saturated carbocycles. The zero-order chi connectivity index (χ0) is 16.7. The smallest absolute Gasteiger partial charge is 0.325 e. The first-order chi connectivity index (χ1) is 10.9. The molecule has 0 radical (unpaired) electrons. The van der Waals surface area contributed by atoms with Gasteiger partial charge in [0.2, 0.25) is 0 Å². The van der Waals surface area contributed by atoms with Crippen LogP contribution in [-0.2, 0) is 11.3 Å². The number of fused-ring (bicyclic) bond motifs is 1. The number of carbonyl (C=O) groups is 1. The topological polar surface area (TPSA) is 72.2 Å². The first-order valence-corrected chi connectivity index (χ1v) is 7.13. The number of halogens is 3. The van der Waals surface area contributed by atoms with E-state index in [0.717, 1.165) is 19.3 Å². The molecule has 1 aliphatic rings. The van der Waals surface area contributed by atoms with Crippen molar-refractivity contribution in [1.82, 2.24) is 9.78 Å². The Hall–Kier alpha value is -2.38. The van der Waals surface area contributed by atoms with Crippen molar-refractivity contribution in [3.05, 3.63) is 39.6 Å². The Balaban J connectivity index is 2.30. The number of hydrogen-bond acceptors (Lipinski definition) is 3. The Labute approximate surface area is 128 Å². The summed E-state index contributed by atoms with van der Waals surface area (Å²) in [5.74, 6) is -2.29. The van der Waals surface area contributed by atoms with Gasteiger partial charge < -0.3 is 5.11 Å². The number of carboxylic acid groups (broad SMARTS) is 1. The third-order valence-corrected chi connectivity index (χ3v) is 4.16. The first-order valence-electron chi connectivity index (χ1n) is 7.13. The molecule has 0 atom stereocenters. The standard InChI is InChI=1S/C15H13F3N2O3/c16-12-8(7-2-1-3-7)4-5-9-11(12)13(14(17)18)19-20(15(9)23)6-10(21)22/h4-5,7,14H,1-3,6H2,(H,21,22). The fourth-order valence-corrected chi connectivity index (χ4v) is 2.81. The van der Waals surface area contributed by atoms with E-state index in [1.807, 2.05) is 0 Å². The van der Waals surface area contributed by atoms with Crippen molar-refractivity contribution in [2.45, 2.75) is 38.2 Å². The van der Waals surface area contributed by atoms with Crippen molar-refractivity contribution in [2.75, 3.05) is 0 Å². The van der Waals surface area contributed by atoms with Gasteiger partial charge in [-0.15, -0.1) is 0 Å². The lowest BCUT2D eigenvalue weighted by molar-refractivity contribution is -0.138. The minimum absolute atomic E-state index is 0.0358. The lowest BCUT2D eigenvalue weighted by Gasteiger charge is -2.26. The van der Waals surface area contributed by atoms with Gasteiger partial charge in [0.25, 0.3) is 12.0 Å². The molecule has 3 rings (SSSR count). The molecule has 0 aliphatic heterocycles. The maximum atomic E-state index is 14.7. The summed E-state index contributed by atoms with van der Waals surface area (Å²) in [7, 11) is 0. The number of aliphatic carboxylic acids is 1. The van der Waals surface area contributed by atoms with E-state index in [0.29, 0.717) is 10.2 Å². The van der Waals surface area contributed by atoms with Crippen LogP contribution in [0.3, 0.4) is 0 Å². The highest BCUT2D eigenvalue weighted by Crippen LogP contribution is 2.40. The second-order valence-corrected chi connectivity index (χ2v) is 5.56. The highest BCUT2D eigenvalue weighted by molar-refractivity contribution is 5.85. The van der Waals surface area contributed by atoms with Gasteiger partial charge in [0, 0.05) is 0 Å². The molecule has 1 aromatic carbocycles. The van der Waals surface area contributed by atoms with E-state index in [2.05, 4.69) is 5.10 Å². The van der Waals surface area contributed by atoms with E-state index in [1.54, 1.807) is 0 Å². The minimum atomic E-state index is -3.12. The number of rotatable bonds is 4. The third-order valence-electron chi connectivity index (χ3n) is 4.16. The zero-order valence-electron chi connectivity index (χ0n) is 11.9. The average Bonchev–Trinajstić information content (AvgIpc) is 2.42. The summed E-state index contributed by atoms with van der Waals surface area (Å²) >= 11 is 0. The predicted octanol–water partition coefficient (Wildman–Crippen LogP) is 2.83. The normalized spacial score (nSPS) is 15.1. The predicted molar refractivity (Wildman–Crippen MR) is 75.1 cm³/mol. The summed E-state index contributed by atoms with van der Waals surface area (Å²) in [6.07, 6.45) is -0.627. The van der Waals surface area contributed by atoms with E-state index in [-0.39, 0.29) is 11.3 Å². The second-order valence-electron chi connectivity index (χ2n) is 5.56. The highest BCUT2D eigenvalue weighted by Gasteiger charge is 2.28. The summed E-state index contributed by atoms with van der Waals surface area (Å²) in [4.78, 5) is 22.9. The van der Waals surface area contributed by atoms with Crippen molar-refractivity contribution in [1.29, 1.82) is 0 Å². The van der Waals surface area contributed by atoms with E-state index in [9.17, 15) is 22.8 Å². The van der Waals surface area contributed by atoms with Crippen LogP contribution >= 0.6 is 0 Å². The van der Waals surface area contributed by atoms with Crippen molar-refractivity contribution in [2.24, 2.45) is 0 Å². The molecule has 1 aromatic heterocycles. The molecule has 0 bridgehead atoms. The van der Waals surface area contributed by atoms with Crippen LogP contribution in [0.25, 0.3) is 10.8 Å². The Morgan fingerprint density at radius 2 is 2.09 bits per heavy atom. The van der Waals surface area contributed by atoms with E-state index >= 15 is 0 Å². The molecule has 0 spiro atoms. The molecule has 1 N–H and O–H groups in total. The highest BCUT2D eigenvalue weighted by atomic mass is 19.3. The summed E-state index contributed by atoms with van der Waals surface area (Å²) in [6, 6.07) is 2.70. The lowest BCUT2D eigenvalue weighted by atomic mass is 9.79. The van der Waals surface area contributed by atoms with Gasteiger partial charge >= 0.3 is 5.97 Å². The number of hydrogen-bond donors (Lipinski definition) is 1. The summed E-state index contributed by atoms with van der Waals surface area (Å²) in [6.45, 7) is -0.861. The molecule has 2 aromatic rings. The van der Waals surface area contributed by atoms with Crippen LogP contribution in [0.1, 0.15) is 42.9 Å². The average molecular weight is 326 g/mol. The van der Waals surface area contributed by atoms with Gasteiger partial charge in [-0.05, 0) is 30.4 Å². The summed E-state index contributed by atoms with van der Waals surface area (Å²) in [5.41, 5.74) is -1.49. The van der Waals surface area contributed by atoms with Crippen LogP contribution < -0.4 is 5.56 Å². The molecule has 1 heterocycles. The Morgan fingerprint density at radius 3 is 2.61 bits per heavy atom. The van der Waals surface area contributed by atoms with Gasteiger partial charge in [-0.2, -0.15) is 5.10 Å². The second kappa shape index (κ2) is 5.68. The molecule has 8 heteroatoms. The van der Waals surface area contributed by atoms with Gasteiger partial charge in [-0.1, -0.05) is 12.5 Å².